The van der Waals surface area contributed by atoms with Crippen LogP contribution in [0.2, 0.25) is 0 Å². The van der Waals surface area contributed by atoms with E-state index in [1.54, 1.807) is 24.1 Å². The van der Waals surface area contributed by atoms with Crippen molar-refractivity contribution in [2.75, 3.05) is 23.9 Å². The molecule has 0 saturated carbocycles. The predicted molar refractivity (Wildman–Crippen MR) is 103 cm³/mol. The molecule has 1 aliphatic heterocycles. The van der Waals surface area contributed by atoms with Crippen LogP contribution in [0.25, 0.3) is 0 Å². The van der Waals surface area contributed by atoms with Crippen LogP contribution in [0, 0.1) is 0 Å². The van der Waals surface area contributed by atoms with Gasteiger partial charge in [0.05, 0.1) is 6.61 Å². The van der Waals surface area contributed by atoms with E-state index >= 15 is 0 Å². The number of hydrogen-bond acceptors (Lipinski definition) is 3. The molecule has 0 radical (unpaired) electrons. The maximum atomic E-state index is 12.5. The van der Waals surface area contributed by atoms with Crippen molar-refractivity contribution in [3.63, 3.8) is 0 Å². The first-order valence-electron chi connectivity index (χ1n) is 9.02. The SMILES string of the molecule is CCCCOc1ccc(C(=O)Nc2ccc3c(c2)CCC(=O)N3C)cc1. The molecule has 0 unspecified atom stereocenters. The van der Waals surface area contributed by atoms with Crippen molar-refractivity contribution in [3.05, 3.63) is 53.6 Å². The topological polar surface area (TPSA) is 58.6 Å². The summed E-state index contributed by atoms with van der Waals surface area (Å²) in [7, 11) is 1.78. The van der Waals surface area contributed by atoms with Crippen LogP contribution in [0.3, 0.4) is 0 Å². The fourth-order valence-electron chi connectivity index (χ4n) is 2.97. The van der Waals surface area contributed by atoms with Gasteiger partial charge in [0.1, 0.15) is 5.75 Å². The smallest absolute Gasteiger partial charge is 0.255 e. The third kappa shape index (κ3) is 4.04. The van der Waals surface area contributed by atoms with Gasteiger partial charge in [0.15, 0.2) is 0 Å². The molecule has 2 aromatic rings. The number of unbranched alkanes of at least 4 members (excludes halogenated alkanes) is 1. The molecular formula is C21H24N2O3. The maximum Gasteiger partial charge on any atom is 0.255 e. The van der Waals surface area contributed by atoms with Gasteiger partial charge in [-0.1, -0.05) is 13.3 Å². The van der Waals surface area contributed by atoms with E-state index in [2.05, 4.69) is 12.2 Å². The molecule has 5 heteroatoms. The quantitative estimate of drug-likeness (QED) is 0.799. The fourth-order valence-corrected chi connectivity index (χ4v) is 2.97. The average molecular weight is 352 g/mol. The summed E-state index contributed by atoms with van der Waals surface area (Å²) in [5.41, 5.74) is 3.30. The summed E-state index contributed by atoms with van der Waals surface area (Å²) in [6.45, 7) is 2.81. The number of nitrogens with zero attached hydrogens (tertiary/aromatic N) is 1. The van der Waals surface area contributed by atoms with Gasteiger partial charge in [-0.2, -0.15) is 0 Å². The Kier molecular flexibility index (Phi) is 5.56. The molecular weight excluding hydrogens is 328 g/mol. The molecule has 3 rings (SSSR count). The summed E-state index contributed by atoms with van der Waals surface area (Å²) in [6, 6.07) is 12.8. The molecule has 0 spiro atoms. The summed E-state index contributed by atoms with van der Waals surface area (Å²) in [6.07, 6.45) is 3.30. The Hall–Kier alpha value is -2.82. The molecule has 0 bridgehead atoms. The van der Waals surface area contributed by atoms with Crippen LogP contribution in [-0.2, 0) is 11.2 Å². The van der Waals surface area contributed by atoms with Crippen LogP contribution in [-0.4, -0.2) is 25.5 Å². The molecule has 0 aromatic heterocycles. The van der Waals surface area contributed by atoms with Gasteiger partial charge in [-0.15, -0.1) is 0 Å². The van der Waals surface area contributed by atoms with Crippen molar-refractivity contribution < 1.29 is 14.3 Å². The van der Waals surface area contributed by atoms with Crippen molar-refractivity contribution in [2.45, 2.75) is 32.6 Å². The zero-order valence-electron chi connectivity index (χ0n) is 15.2. The third-order valence-electron chi connectivity index (χ3n) is 4.56. The number of benzene rings is 2. The maximum absolute atomic E-state index is 12.5. The number of rotatable bonds is 6. The lowest BCUT2D eigenvalue weighted by Crippen LogP contribution is -2.31. The number of ether oxygens (including phenoxy) is 1. The summed E-state index contributed by atoms with van der Waals surface area (Å²) in [5, 5.41) is 2.92. The Morgan fingerprint density at radius 3 is 2.65 bits per heavy atom. The zero-order valence-corrected chi connectivity index (χ0v) is 15.2. The number of hydrogen-bond donors (Lipinski definition) is 1. The van der Waals surface area contributed by atoms with Crippen LogP contribution in [0.5, 0.6) is 5.75 Å². The van der Waals surface area contributed by atoms with Gasteiger partial charge in [-0.25, -0.2) is 0 Å². The molecule has 0 aliphatic carbocycles. The number of anilines is 2. The summed E-state index contributed by atoms with van der Waals surface area (Å²) >= 11 is 0. The first kappa shape index (κ1) is 18.0. The second-order valence-electron chi connectivity index (χ2n) is 6.48. The normalized spacial score (nSPS) is 13.3. The molecule has 1 heterocycles. The summed E-state index contributed by atoms with van der Waals surface area (Å²) < 4.78 is 5.62. The van der Waals surface area contributed by atoms with Crippen LogP contribution in [0.15, 0.2) is 42.5 Å². The van der Waals surface area contributed by atoms with E-state index in [0.717, 1.165) is 35.5 Å². The largest absolute Gasteiger partial charge is 0.494 e. The summed E-state index contributed by atoms with van der Waals surface area (Å²) in [5.74, 6) is 0.734. The number of fused-ring (bicyclic) bond motifs is 1. The number of amides is 2. The van der Waals surface area contributed by atoms with Crippen LogP contribution in [0.1, 0.15) is 42.1 Å². The predicted octanol–water partition coefficient (Wildman–Crippen LogP) is 4.03. The van der Waals surface area contributed by atoms with Gasteiger partial charge in [0, 0.05) is 30.4 Å². The van der Waals surface area contributed by atoms with Crippen molar-refractivity contribution in [1.29, 1.82) is 0 Å². The average Bonchev–Trinajstić information content (AvgIpc) is 2.65. The molecule has 1 aliphatic rings. The molecule has 0 atom stereocenters. The molecule has 2 aromatic carbocycles. The highest BCUT2D eigenvalue weighted by atomic mass is 16.5. The first-order valence-corrected chi connectivity index (χ1v) is 9.02. The highest BCUT2D eigenvalue weighted by Crippen LogP contribution is 2.29. The molecule has 1 N–H and O–H groups in total. The van der Waals surface area contributed by atoms with E-state index in [0.29, 0.717) is 25.0 Å². The van der Waals surface area contributed by atoms with E-state index in [-0.39, 0.29) is 11.8 Å². The monoisotopic (exact) mass is 352 g/mol. The molecule has 2 amide bonds. The number of aryl methyl sites for hydroxylation is 1. The Balaban J connectivity index is 1.65. The molecule has 26 heavy (non-hydrogen) atoms. The highest BCUT2D eigenvalue weighted by molar-refractivity contribution is 6.04. The molecule has 0 saturated heterocycles. The number of nitrogens with one attached hydrogen (secondary N) is 1. The number of carbonyl (C=O) groups is 2. The van der Waals surface area contributed by atoms with E-state index in [4.69, 9.17) is 4.74 Å². The van der Waals surface area contributed by atoms with Gasteiger partial charge in [0.2, 0.25) is 5.91 Å². The van der Waals surface area contributed by atoms with Crippen LogP contribution in [0.4, 0.5) is 11.4 Å². The van der Waals surface area contributed by atoms with Gasteiger partial charge < -0.3 is 15.0 Å². The van der Waals surface area contributed by atoms with Gasteiger partial charge in [-0.05, 0) is 60.9 Å². The Bertz CT molecular complexity index is 799. The van der Waals surface area contributed by atoms with Crippen molar-refractivity contribution >= 4 is 23.2 Å². The van der Waals surface area contributed by atoms with E-state index in [1.165, 1.54) is 0 Å². The van der Waals surface area contributed by atoms with E-state index in [1.807, 2.05) is 30.3 Å². The van der Waals surface area contributed by atoms with Crippen LogP contribution >= 0.6 is 0 Å². The molecule has 0 fully saturated rings. The lowest BCUT2D eigenvalue weighted by atomic mass is 10.0. The van der Waals surface area contributed by atoms with Gasteiger partial charge in [-0.3, -0.25) is 9.59 Å². The zero-order chi connectivity index (χ0) is 18.5. The van der Waals surface area contributed by atoms with Gasteiger partial charge >= 0.3 is 0 Å². The minimum Gasteiger partial charge on any atom is -0.494 e. The molecule has 5 nitrogen and oxygen atoms in total. The van der Waals surface area contributed by atoms with Crippen molar-refractivity contribution in [1.82, 2.24) is 0 Å². The highest BCUT2D eigenvalue weighted by Gasteiger charge is 2.21. The Labute approximate surface area is 154 Å². The fraction of sp³-hybridized carbons (Fsp3) is 0.333. The van der Waals surface area contributed by atoms with E-state index < -0.39 is 0 Å². The lowest BCUT2D eigenvalue weighted by molar-refractivity contribution is -0.118. The van der Waals surface area contributed by atoms with E-state index in [9.17, 15) is 9.59 Å². The minimum atomic E-state index is -0.162. The van der Waals surface area contributed by atoms with Crippen molar-refractivity contribution in [2.24, 2.45) is 0 Å². The Morgan fingerprint density at radius 2 is 1.92 bits per heavy atom. The minimum absolute atomic E-state index is 0.121. The standard InChI is InChI=1S/C21H24N2O3/c1-3-4-13-26-18-9-5-15(6-10-18)21(25)22-17-8-11-19-16(14-17)7-12-20(24)23(19)2/h5-6,8-11,14H,3-4,7,12-13H2,1-2H3,(H,22,25). The second-order valence-corrected chi connectivity index (χ2v) is 6.48. The van der Waals surface area contributed by atoms with Crippen molar-refractivity contribution in [3.8, 4) is 5.75 Å². The molecule has 136 valence electrons. The van der Waals surface area contributed by atoms with Gasteiger partial charge in [0.25, 0.3) is 5.91 Å². The van der Waals surface area contributed by atoms with Crippen LogP contribution < -0.4 is 15.0 Å². The number of carbonyl (C=O) groups excluding carboxylic acids is 2. The summed E-state index contributed by atoms with van der Waals surface area (Å²) in [4.78, 5) is 25.9. The third-order valence-corrected chi connectivity index (χ3v) is 4.56. The first-order chi connectivity index (χ1) is 12.6. The Morgan fingerprint density at radius 1 is 1.15 bits per heavy atom. The second kappa shape index (κ2) is 8.04. The lowest BCUT2D eigenvalue weighted by Gasteiger charge is -2.26.